The van der Waals surface area contributed by atoms with Crippen LogP contribution in [0.3, 0.4) is 0 Å². The summed E-state index contributed by atoms with van der Waals surface area (Å²) in [6.07, 6.45) is 0. The summed E-state index contributed by atoms with van der Waals surface area (Å²) in [6.45, 7) is 3.42. The second-order valence-corrected chi connectivity index (χ2v) is 9.35. The van der Waals surface area contributed by atoms with E-state index in [9.17, 15) is 14.4 Å². The fourth-order valence-corrected chi connectivity index (χ4v) is 5.30. The molecule has 0 bridgehead atoms. The van der Waals surface area contributed by atoms with Gasteiger partial charge in [0, 0.05) is 10.1 Å². The van der Waals surface area contributed by atoms with Gasteiger partial charge in [0.15, 0.2) is 0 Å². The molecule has 5 aromatic rings. The number of amides is 1. The number of hydrogen-bond acceptors (Lipinski definition) is 6. The SMILES string of the molecule is COc1cc(C)ccc1NC(=O)Cn1c(=O)n(Cc2ccc(C)o2)c(=O)c2sc3ccccc3c21. The number of anilines is 1. The highest BCUT2D eigenvalue weighted by Gasteiger charge is 2.21. The maximum absolute atomic E-state index is 13.6. The molecule has 0 aliphatic rings. The van der Waals surface area contributed by atoms with E-state index in [4.69, 9.17) is 9.15 Å². The molecule has 9 heteroatoms. The molecular weight excluding hydrogens is 466 g/mol. The van der Waals surface area contributed by atoms with E-state index in [0.29, 0.717) is 33.2 Å². The molecule has 178 valence electrons. The monoisotopic (exact) mass is 489 g/mol. The number of ether oxygens (including phenoxy) is 1. The number of aromatic nitrogens is 2. The van der Waals surface area contributed by atoms with Gasteiger partial charge < -0.3 is 14.5 Å². The van der Waals surface area contributed by atoms with Crippen molar-refractivity contribution >= 4 is 43.2 Å². The molecular formula is C26H23N3O5S. The van der Waals surface area contributed by atoms with Gasteiger partial charge in [0.1, 0.15) is 28.5 Å². The second kappa shape index (κ2) is 8.92. The van der Waals surface area contributed by atoms with Crippen molar-refractivity contribution in [3.8, 4) is 5.75 Å². The van der Waals surface area contributed by atoms with Crippen LogP contribution >= 0.6 is 11.3 Å². The Morgan fingerprint density at radius 2 is 1.86 bits per heavy atom. The van der Waals surface area contributed by atoms with Crippen LogP contribution in [0.1, 0.15) is 17.1 Å². The Kier molecular flexibility index (Phi) is 5.78. The first-order chi connectivity index (χ1) is 16.9. The number of nitrogens with zero attached hydrogens (tertiary/aromatic N) is 2. The van der Waals surface area contributed by atoms with Crippen molar-refractivity contribution in [2.24, 2.45) is 0 Å². The number of fused-ring (bicyclic) bond motifs is 3. The molecule has 1 amide bonds. The molecule has 0 saturated carbocycles. The zero-order valence-corrected chi connectivity index (χ0v) is 20.3. The number of nitrogens with one attached hydrogen (secondary N) is 1. The van der Waals surface area contributed by atoms with Crippen molar-refractivity contribution in [1.29, 1.82) is 0 Å². The van der Waals surface area contributed by atoms with E-state index in [1.807, 2.05) is 43.3 Å². The molecule has 0 aliphatic heterocycles. The largest absolute Gasteiger partial charge is 0.495 e. The van der Waals surface area contributed by atoms with E-state index in [-0.39, 0.29) is 13.1 Å². The molecule has 8 nitrogen and oxygen atoms in total. The second-order valence-electron chi connectivity index (χ2n) is 8.30. The van der Waals surface area contributed by atoms with Gasteiger partial charge in [-0.3, -0.25) is 18.7 Å². The first-order valence-corrected chi connectivity index (χ1v) is 11.8. The third-order valence-electron chi connectivity index (χ3n) is 5.78. The van der Waals surface area contributed by atoms with Crippen molar-refractivity contribution in [2.45, 2.75) is 26.9 Å². The standard InChI is InChI=1S/C26H23N3O5S/c1-15-8-11-19(20(12-15)33-3)27-22(30)14-28-23-18-6-4-5-7-21(18)35-24(23)25(31)29(26(28)32)13-17-10-9-16(2)34-17/h4-12H,13-14H2,1-3H3,(H,27,30). The van der Waals surface area contributed by atoms with E-state index in [0.717, 1.165) is 20.2 Å². The normalized spacial score (nSPS) is 11.3. The number of rotatable bonds is 6. The third kappa shape index (κ3) is 4.15. The highest BCUT2D eigenvalue weighted by atomic mass is 32.1. The highest BCUT2D eigenvalue weighted by Crippen LogP contribution is 2.31. The molecule has 0 fully saturated rings. The number of benzene rings is 2. The predicted molar refractivity (Wildman–Crippen MR) is 137 cm³/mol. The Labute approximate surface area is 204 Å². The molecule has 0 spiro atoms. The van der Waals surface area contributed by atoms with Gasteiger partial charge in [-0.25, -0.2) is 4.79 Å². The van der Waals surface area contributed by atoms with E-state index >= 15 is 0 Å². The van der Waals surface area contributed by atoms with Crippen LogP contribution < -0.4 is 21.3 Å². The van der Waals surface area contributed by atoms with Gasteiger partial charge in [0.2, 0.25) is 5.91 Å². The lowest BCUT2D eigenvalue weighted by molar-refractivity contribution is -0.116. The number of thiophene rings is 1. The van der Waals surface area contributed by atoms with Crippen molar-refractivity contribution in [1.82, 2.24) is 9.13 Å². The fraction of sp³-hybridized carbons (Fsp3) is 0.192. The predicted octanol–water partition coefficient (Wildman–Crippen LogP) is 4.28. The smallest absolute Gasteiger partial charge is 0.332 e. The van der Waals surface area contributed by atoms with Crippen molar-refractivity contribution in [3.05, 3.63) is 92.5 Å². The zero-order valence-electron chi connectivity index (χ0n) is 19.5. The molecule has 0 aliphatic carbocycles. The summed E-state index contributed by atoms with van der Waals surface area (Å²) in [5.74, 6) is 1.28. The van der Waals surface area contributed by atoms with Crippen LogP contribution in [-0.4, -0.2) is 22.2 Å². The topological polar surface area (TPSA) is 95.5 Å². The Morgan fingerprint density at radius 1 is 1.06 bits per heavy atom. The summed E-state index contributed by atoms with van der Waals surface area (Å²) in [6, 6.07) is 16.4. The van der Waals surface area contributed by atoms with E-state index in [2.05, 4.69) is 5.32 Å². The van der Waals surface area contributed by atoms with Gasteiger partial charge in [-0.2, -0.15) is 0 Å². The van der Waals surface area contributed by atoms with E-state index in [1.54, 1.807) is 25.1 Å². The lowest BCUT2D eigenvalue weighted by atomic mass is 10.2. The number of hydrogen-bond donors (Lipinski definition) is 1. The minimum Gasteiger partial charge on any atom is -0.495 e. The molecule has 0 atom stereocenters. The lowest BCUT2D eigenvalue weighted by Gasteiger charge is -2.14. The average Bonchev–Trinajstić information content (AvgIpc) is 3.44. The molecule has 0 unspecified atom stereocenters. The lowest BCUT2D eigenvalue weighted by Crippen LogP contribution is -2.41. The molecule has 35 heavy (non-hydrogen) atoms. The minimum atomic E-state index is -0.578. The molecule has 3 aromatic heterocycles. The Morgan fingerprint density at radius 3 is 2.60 bits per heavy atom. The Hall–Kier alpha value is -4.11. The number of carbonyl (C=O) groups is 1. The molecule has 0 saturated heterocycles. The number of methoxy groups -OCH3 is 1. The van der Waals surface area contributed by atoms with Crippen molar-refractivity contribution in [3.63, 3.8) is 0 Å². The molecule has 3 heterocycles. The van der Waals surface area contributed by atoms with Crippen molar-refractivity contribution < 1.29 is 13.9 Å². The number of furan rings is 1. The Bertz CT molecular complexity index is 1710. The maximum atomic E-state index is 13.6. The summed E-state index contributed by atoms with van der Waals surface area (Å²) < 4.78 is 14.7. The minimum absolute atomic E-state index is 0.0247. The van der Waals surface area contributed by atoms with Crippen molar-refractivity contribution in [2.75, 3.05) is 12.4 Å². The van der Waals surface area contributed by atoms with Crippen LogP contribution in [0.4, 0.5) is 5.69 Å². The van der Waals surface area contributed by atoms with Crippen LogP contribution in [0.25, 0.3) is 20.3 Å². The summed E-state index contributed by atoms with van der Waals surface area (Å²) in [4.78, 5) is 40.1. The van der Waals surface area contributed by atoms with Gasteiger partial charge in [0.05, 0.1) is 24.9 Å². The van der Waals surface area contributed by atoms with Gasteiger partial charge in [-0.15, -0.1) is 11.3 Å². The van der Waals surface area contributed by atoms with Gasteiger partial charge in [0.25, 0.3) is 5.56 Å². The summed E-state index contributed by atoms with van der Waals surface area (Å²) in [7, 11) is 1.53. The van der Waals surface area contributed by atoms with Crippen LogP contribution in [0.5, 0.6) is 5.75 Å². The van der Waals surface area contributed by atoms with Crippen LogP contribution in [0.15, 0.2) is 68.6 Å². The summed E-state index contributed by atoms with van der Waals surface area (Å²) >= 11 is 1.30. The number of carbonyl (C=O) groups excluding carboxylic acids is 1. The Balaban J connectivity index is 1.63. The van der Waals surface area contributed by atoms with Gasteiger partial charge >= 0.3 is 5.69 Å². The zero-order chi connectivity index (χ0) is 24.7. The molecule has 2 aromatic carbocycles. The molecule has 5 rings (SSSR count). The average molecular weight is 490 g/mol. The van der Waals surface area contributed by atoms with Gasteiger partial charge in [-0.1, -0.05) is 24.3 Å². The fourth-order valence-electron chi connectivity index (χ4n) is 4.14. The highest BCUT2D eigenvalue weighted by molar-refractivity contribution is 7.25. The maximum Gasteiger partial charge on any atom is 0.332 e. The third-order valence-corrected chi connectivity index (χ3v) is 6.93. The van der Waals surface area contributed by atoms with E-state index < -0.39 is 17.2 Å². The molecule has 1 N–H and O–H groups in total. The van der Waals surface area contributed by atoms with Crippen LogP contribution in [-0.2, 0) is 17.9 Å². The molecule has 0 radical (unpaired) electrons. The van der Waals surface area contributed by atoms with E-state index in [1.165, 1.54) is 23.0 Å². The number of aryl methyl sites for hydroxylation is 2. The summed E-state index contributed by atoms with van der Waals surface area (Å²) in [5.41, 5.74) is 0.964. The van der Waals surface area contributed by atoms with Gasteiger partial charge in [-0.05, 0) is 49.7 Å². The van der Waals surface area contributed by atoms with Crippen LogP contribution in [0.2, 0.25) is 0 Å². The summed E-state index contributed by atoms with van der Waals surface area (Å²) in [5, 5.41) is 3.58. The first-order valence-electron chi connectivity index (χ1n) is 11.0. The first kappa shape index (κ1) is 22.7. The van der Waals surface area contributed by atoms with Crippen LogP contribution in [0, 0.1) is 13.8 Å². The quantitative estimate of drug-likeness (QED) is 0.384.